The minimum Gasteiger partial charge on any atom is -0.495 e. The van der Waals surface area contributed by atoms with Crippen molar-refractivity contribution in [2.24, 2.45) is 5.14 Å². The number of hydrogen-bond donors (Lipinski definition) is 3. The van der Waals surface area contributed by atoms with Crippen molar-refractivity contribution in [2.75, 3.05) is 43.5 Å². The largest absolute Gasteiger partial charge is 0.495 e. The van der Waals surface area contributed by atoms with Crippen molar-refractivity contribution in [3.63, 3.8) is 0 Å². The van der Waals surface area contributed by atoms with Crippen LogP contribution in [0.25, 0.3) is 0 Å². The van der Waals surface area contributed by atoms with E-state index in [0.29, 0.717) is 5.69 Å². The molecule has 1 aliphatic heterocycles. The first kappa shape index (κ1) is 21.1. The molecule has 0 spiro atoms. The van der Waals surface area contributed by atoms with Gasteiger partial charge in [-0.1, -0.05) is 18.2 Å². The van der Waals surface area contributed by atoms with Crippen LogP contribution in [0.2, 0.25) is 0 Å². The molecule has 2 aromatic rings. The summed E-state index contributed by atoms with van der Waals surface area (Å²) in [6.07, 6.45) is 0. The van der Waals surface area contributed by atoms with E-state index in [2.05, 4.69) is 10.2 Å². The van der Waals surface area contributed by atoms with Crippen LogP contribution in [0.1, 0.15) is 6.92 Å². The maximum atomic E-state index is 12.7. The van der Waals surface area contributed by atoms with Crippen LogP contribution in [0.15, 0.2) is 53.4 Å². The molecule has 1 heterocycles. The Morgan fingerprint density at radius 1 is 1.17 bits per heavy atom. The number of benzene rings is 2. The highest BCUT2D eigenvalue weighted by Gasteiger charge is 2.30. The molecular formula is C20H27N4O4S+. The third-order valence-electron chi connectivity index (χ3n) is 5.27. The molecule has 1 saturated heterocycles. The second-order valence-electron chi connectivity index (χ2n) is 7.10. The molecular weight excluding hydrogens is 392 g/mol. The van der Waals surface area contributed by atoms with Crippen molar-refractivity contribution in [2.45, 2.75) is 17.9 Å². The second-order valence-corrected chi connectivity index (χ2v) is 8.66. The summed E-state index contributed by atoms with van der Waals surface area (Å²) in [5.41, 5.74) is 1.48. The third-order valence-corrected chi connectivity index (χ3v) is 6.18. The maximum absolute atomic E-state index is 12.7. The van der Waals surface area contributed by atoms with E-state index in [-0.39, 0.29) is 16.8 Å². The first-order chi connectivity index (χ1) is 13.8. The van der Waals surface area contributed by atoms with Crippen molar-refractivity contribution < 1.29 is 22.8 Å². The summed E-state index contributed by atoms with van der Waals surface area (Å²) in [5.74, 6) is 0.689. The lowest BCUT2D eigenvalue weighted by Crippen LogP contribution is -3.19. The Balaban J connectivity index is 1.60. The molecule has 1 aliphatic rings. The topological polar surface area (TPSA) is 106 Å². The van der Waals surface area contributed by atoms with Gasteiger partial charge in [0.1, 0.15) is 5.75 Å². The first-order valence-electron chi connectivity index (χ1n) is 9.46. The number of anilines is 2. The summed E-state index contributed by atoms with van der Waals surface area (Å²) < 4.78 is 28.4. The molecule has 0 aliphatic carbocycles. The lowest BCUT2D eigenvalue weighted by molar-refractivity contribution is -0.914. The normalized spacial score (nSPS) is 16.3. The second kappa shape index (κ2) is 8.81. The predicted octanol–water partition coefficient (Wildman–Crippen LogP) is 0.0747. The fourth-order valence-corrected chi connectivity index (χ4v) is 4.11. The van der Waals surface area contributed by atoms with Gasteiger partial charge in [0.25, 0.3) is 5.91 Å². The highest BCUT2D eigenvalue weighted by molar-refractivity contribution is 7.89. The molecule has 0 saturated carbocycles. The van der Waals surface area contributed by atoms with E-state index in [1.807, 2.05) is 31.2 Å². The Hall–Kier alpha value is -2.62. The number of rotatable bonds is 6. The summed E-state index contributed by atoms with van der Waals surface area (Å²) >= 11 is 0. The van der Waals surface area contributed by atoms with Crippen molar-refractivity contribution >= 4 is 27.3 Å². The lowest BCUT2D eigenvalue weighted by atomic mass is 10.2. The number of nitrogens with two attached hydrogens (primary N) is 1. The Bertz CT molecular complexity index is 972. The van der Waals surface area contributed by atoms with E-state index >= 15 is 0 Å². The van der Waals surface area contributed by atoms with Crippen LogP contribution in [0.5, 0.6) is 5.75 Å². The monoisotopic (exact) mass is 419 g/mol. The first-order valence-corrected chi connectivity index (χ1v) is 11.0. The fraction of sp³-hybridized carbons (Fsp3) is 0.350. The molecule has 3 rings (SSSR count). The van der Waals surface area contributed by atoms with Crippen LogP contribution in [-0.2, 0) is 14.8 Å². The molecule has 4 N–H and O–H groups in total. The molecule has 29 heavy (non-hydrogen) atoms. The number of quaternary nitrogens is 1. The van der Waals surface area contributed by atoms with Gasteiger partial charge < -0.3 is 19.9 Å². The number of carbonyl (C=O) groups is 1. The van der Waals surface area contributed by atoms with E-state index in [1.54, 1.807) is 19.2 Å². The van der Waals surface area contributed by atoms with Gasteiger partial charge in [-0.25, -0.2) is 13.6 Å². The molecule has 156 valence electrons. The van der Waals surface area contributed by atoms with Crippen LogP contribution >= 0.6 is 0 Å². The van der Waals surface area contributed by atoms with Gasteiger partial charge in [-0.2, -0.15) is 0 Å². The Labute approximate surface area is 171 Å². The summed E-state index contributed by atoms with van der Waals surface area (Å²) in [6, 6.07) is 13.6. The van der Waals surface area contributed by atoms with Crippen LogP contribution < -0.4 is 25.0 Å². The molecule has 1 atom stereocenters. The van der Waals surface area contributed by atoms with Crippen molar-refractivity contribution in [3.8, 4) is 5.75 Å². The van der Waals surface area contributed by atoms with Gasteiger partial charge in [-0.15, -0.1) is 0 Å². The summed E-state index contributed by atoms with van der Waals surface area (Å²) in [7, 11) is -2.15. The molecule has 2 aromatic carbocycles. The average Bonchev–Trinajstić information content (AvgIpc) is 2.73. The number of primary sulfonamides is 1. The highest BCUT2D eigenvalue weighted by Crippen LogP contribution is 2.27. The Kier molecular flexibility index (Phi) is 6.41. The van der Waals surface area contributed by atoms with E-state index in [9.17, 15) is 13.2 Å². The molecule has 1 amide bonds. The van der Waals surface area contributed by atoms with Gasteiger partial charge in [-0.05, 0) is 37.3 Å². The maximum Gasteiger partial charge on any atom is 0.282 e. The average molecular weight is 420 g/mol. The number of methoxy groups -OCH3 is 1. The minimum absolute atomic E-state index is 0.0271. The van der Waals surface area contributed by atoms with Crippen molar-refractivity contribution in [1.29, 1.82) is 0 Å². The van der Waals surface area contributed by atoms with Gasteiger partial charge in [0.05, 0.1) is 43.9 Å². The van der Waals surface area contributed by atoms with Crippen LogP contribution in [0.3, 0.4) is 0 Å². The molecule has 0 bridgehead atoms. The van der Waals surface area contributed by atoms with Gasteiger partial charge in [0, 0.05) is 5.69 Å². The number of para-hydroxylation sites is 2. The molecule has 1 fully saturated rings. The van der Waals surface area contributed by atoms with E-state index in [0.717, 1.165) is 37.6 Å². The van der Waals surface area contributed by atoms with Crippen LogP contribution in [-0.4, -0.2) is 53.7 Å². The van der Waals surface area contributed by atoms with Crippen LogP contribution in [0, 0.1) is 0 Å². The number of nitrogens with zero attached hydrogens (tertiary/aromatic N) is 1. The zero-order valence-corrected chi connectivity index (χ0v) is 17.4. The molecule has 9 heteroatoms. The van der Waals surface area contributed by atoms with Gasteiger partial charge in [0.15, 0.2) is 6.04 Å². The van der Waals surface area contributed by atoms with Gasteiger partial charge in [0.2, 0.25) is 10.0 Å². The summed E-state index contributed by atoms with van der Waals surface area (Å²) in [6.45, 7) is 5.13. The highest BCUT2D eigenvalue weighted by atomic mass is 32.2. The minimum atomic E-state index is -3.81. The summed E-state index contributed by atoms with van der Waals surface area (Å²) in [4.78, 5) is 16.1. The number of ether oxygens (including phenoxy) is 1. The lowest BCUT2D eigenvalue weighted by Gasteiger charge is -2.36. The SMILES string of the molecule is COc1ccccc1N1CC[NH+]([C@H](C)C(=O)Nc2cccc(S(N)(=O)=O)c2)CC1. The quantitative estimate of drug-likeness (QED) is 0.615. The molecule has 0 aromatic heterocycles. The number of amides is 1. The number of sulfonamides is 1. The van der Waals surface area contributed by atoms with E-state index in [4.69, 9.17) is 9.88 Å². The molecule has 8 nitrogen and oxygen atoms in total. The number of hydrogen-bond acceptors (Lipinski definition) is 5. The van der Waals surface area contributed by atoms with E-state index in [1.165, 1.54) is 17.0 Å². The van der Waals surface area contributed by atoms with Gasteiger partial charge in [-0.3, -0.25) is 4.79 Å². The smallest absolute Gasteiger partial charge is 0.282 e. The zero-order chi connectivity index (χ0) is 21.0. The van der Waals surface area contributed by atoms with Gasteiger partial charge >= 0.3 is 0 Å². The van der Waals surface area contributed by atoms with Crippen LogP contribution in [0.4, 0.5) is 11.4 Å². The number of carbonyl (C=O) groups excluding carboxylic acids is 1. The standard InChI is InChI=1S/C20H26N4O4S/c1-15(20(25)22-16-6-5-7-17(14-16)29(21,26)27)23-10-12-24(13-11-23)18-8-3-4-9-19(18)28-2/h3-9,14-15H,10-13H2,1-2H3,(H,22,25)(H2,21,26,27)/p+1/t15-/m1/s1. The summed E-state index contributed by atoms with van der Waals surface area (Å²) in [5, 5.41) is 7.96. The zero-order valence-electron chi connectivity index (χ0n) is 16.6. The Morgan fingerprint density at radius 3 is 2.52 bits per heavy atom. The number of nitrogens with one attached hydrogen (secondary N) is 2. The van der Waals surface area contributed by atoms with Crippen molar-refractivity contribution in [1.82, 2.24) is 0 Å². The third kappa shape index (κ3) is 5.06. The fourth-order valence-electron chi connectivity index (χ4n) is 3.55. The molecule has 0 radical (unpaired) electrons. The van der Waals surface area contributed by atoms with E-state index < -0.39 is 10.0 Å². The molecule has 0 unspecified atom stereocenters. The van der Waals surface area contributed by atoms with Crippen molar-refractivity contribution in [3.05, 3.63) is 48.5 Å². The number of piperazine rings is 1. The predicted molar refractivity (Wildman–Crippen MR) is 112 cm³/mol. The Morgan fingerprint density at radius 2 is 1.86 bits per heavy atom.